The van der Waals surface area contributed by atoms with Crippen molar-refractivity contribution in [3.05, 3.63) is 59.7 Å². The largest absolute Gasteiger partial charge is 0.496 e. The van der Waals surface area contributed by atoms with Gasteiger partial charge in [0, 0.05) is 17.7 Å². The van der Waals surface area contributed by atoms with Gasteiger partial charge < -0.3 is 24.3 Å². The maximum absolute atomic E-state index is 12.8. The molecule has 0 bridgehead atoms. The SMILES string of the molecule is COc1cc(C(=O)NCc2c(OC)ccc3ccccc23)cc(OC)c1OC. The fraction of sp³-hybridized carbons (Fsp3) is 0.227. The average Bonchev–Trinajstić information content (AvgIpc) is 2.75. The lowest BCUT2D eigenvalue weighted by atomic mass is 10.0. The lowest BCUT2D eigenvalue weighted by Gasteiger charge is -2.15. The summed E-state index contributed by atoms with van der Waals surface area (Å²) in [5.74, 6) is 1.76. The van der Waals surface area contributed by atoms with Gasteiger partial charge in [-0.3, -0.25) is 4.79 Å². The number of fused-ring (bicyclic) bond motifs is 1. The van der Waals surface area contributed by atoms with E-state index in [-0.39, 0.29) is 5.91 Å². The van der Waals surface area contributed by atoms with E-state index in [1.54, 1.807) is 19.2 Å². The molecule has 3 aromatic rings. The molecule has 0 unspecified atom stereocenters. The van der Waals surface area contributed by atoms with Crippen LogP contribution in [0.4, 0.5) is 0 Å². The fourth-order valence-electron chi connectivity index (χ4n) is 3.17. The third-order valence-corrected chi connectivity index (χ3v) is 4.57. The second kappa shape index (κ2) is 8.52. The van der Waals surface area contributed by atoms with Crippen molar-refractivity contribution in [2.45, 2.75) is 6.54 Å². The number of benzene rings is 3. The predicted molar refractivity (Wildman–Crippen MR) is 108 cm³/mol. The zero-order chi connectivity index (χ0) is 20.1. The molecule has 0 aromatic heterocycles. The smallest absolute Gasteiger partial charge is 0.251 e. The molecule has 0 fully saturated rings. The van der Waals surface area contributed by atoms with Gasteiger partial charge in [0.15, 0.2) is 11.5 Å². The van der Waals surface area contributed by atoms with E-state index < -0.39 is 0 Å². The van der Waals surface area contributed by atoms with Crippen LogP contribution in [0.25, 0.3) is 10.8 Å². The molecule has 0 aliphatic carbocycles. The molecule has 0 heterocycles. The molecule has 6 heteroatoms. The number of carbonyl (C=O) groups is 1. The van der Waals surface area contributed by atoms with Crippen LogP contribution in [0.1, 0.15) is 15.9 Å². The van der Waals surface area contributed by atoms with Crippen LogP contribution in [-0.4, -0.2) is 34.3 Å². The molecule has 0 radical (unpaired) electrons. The molecule has 0 spiro atoms. The molecular weight excluding hydrogens is 358 g/mol. The summed E-state index contributed by atoms with van der Waals surface area (Å²) < 4.78 is 21.4. The molecular formula is C22H23NO5. The van der Waals surface area contributed by atoms with Gasteiger partial charge in [-0.2, -0.15) is 0 Å². The lowest BCUT2D eigenvalue weighted by Crippen LogP contribution is -2.23. The van der Waals surface area contributed by atoms with Crippen LogP contribution in [0.15, 0.2) is 48.5 Å². The van der Waals surface area contributed by atoms with Crippen molar-refractivity contribution in [2.75, 3.05) is 28.4 Å². The number of amides is 1. The van der Waals surface area contributed by atoms with Crippen molar-refractivity contribution in [1.29, 1.82) is 0 Å². The summed E-state index contributed by atoms with van der Waals surface area (Å²) in [6, 6.07) is 15.1. The number of nitrogens with one attached hydrogen (secondary N) is 1. The first-order chi connectivity index (χ1) is 13.6. The van der Waals surface area contributed by atoms with Crippen LogP contribution in [0, 0.1) is 0 Å². The molecule has 0 aliphatic rings. The first-order valence-corrected chi connectivity index (χ1v) is 8.75. The van der Waals surface area contributed by atoms with E-state index in [2.05, 4.69) is 5.32 Å². The summed E-state index contributed by atoms with van der Waals surface area (Å²) in [5, 5.41) is 5.07. The fourth-order valence-corrected chi connectivity index (χ4v) is 3.17. The van der Waals surface area contributed by atoms with Gasteiger partial charge in [-0.05, 0) is 29.0 Å². The number of ether oxygens (including phenoxy) is 4. The molecule has 3 aromatic carbocycles. The van der Waals surface area contributed by atoms with Gasteiger partial charge in [-0.1, -0.05) is 30.3 Å². The van der Waals surface area contributed by atoms with Crippen molar-refractivity contribution in [3.8, 4) is 23.0 Å². The molecule has 0 saturated carbocycles. The van der Waals surface area contributed by atoms with E-state index in [1.807, 2.05) is 36.4 Å². The first-order valence-electron chi connectivity index (χ1n) is 8.75. The predicted octanol–water partition coefficient (Wildman–Crippen LogP) is 3.80. The zero-order valence-electron chi connectivity index (χ0n) is 16.4. The minimum absolute atomic E-state index is 0.255. The Balaban J connectivity index is 1.90. The summed E-state index contributed by atoms with van der Waals surface area (Å²) in [4.78, 5) is 12.8. The second-order valence-corrected chi connectivity index (χ2v) is 6.06. The molecule has 1 N–H and O–H groups in total. The van der Waals surface area contributed by atoms with E-state index >= 15 is 0 Å². The number of methoxy groups -OCH3 is 4. The highest BCUT2D eigenvalue weighted by Crippen LogP contribution is 2.38. The van der Waals surface area contributed by atoms with Gasteiger partial charge in [-0.15, -0.1) is 0 Å². The summed E-state index contributed by atoms with van der Waals surface area (Å²) in [6.07, 6.45) is 0. The number of carbonyl (C=O) groups excluding carboxylic acids is 1. The van der Waals surface area contributed by atoms with Crippen molar-refractivity contribution in [3.63, 3.8) is 0 Å². The quantitative estimate of drug-likeness (QED) is 0.674. The van der Waals surface area contributed by atoms with Crippen LogP contribution in [0.2, 0.25) is 0 Å². The van der Waals surface area contributed by atoms with Crippen molar-refractivity contribution in [1.82, 2.24) is 5.32 Å². The molecule has 3 rings (SSSR count). The second-order valence-electron chi connectivity index (χ2n) is 6.06. The van der Waals surface area contributed by atoms with Crippen LogP contribution in [-0.2, 0) is 6.54 Å². The Morgan fingerprint density at radius 1 is 0.821 bits per heavy atom. The van der Waals surface area contributed by atoms with Crippen molar-refractivity contribution < 1.29 is 23.7 Å². The molecule has 0 atom stereocenters. The van der Waals surface area contributed by atoms with Gasteiger partial charge in [0.2, 0.25) is 5.75 Å². The summed E-state index contributed by atoms with van der Waals surface area (Å²) in [6.45, 7) is 0.319. The minimum atomic E-state index is -0.255. The number of hydrogen-bond donors (Lipinski definition) is 1. The Kier molecular flexibility index (Phi) is 5.89. The Morgan fingerprint density at radius 3 is 2.07 bits per heavy atom. The molecule has 0 aliphatic heterocycles. The Labute approximate surface area is 164 Å². The third kappa shape index (κ3) is 3.67. The number of rotatable bonds is 7. The number of hydrogen-bond acceptors (Lipinski definition) is 5. The standard InChI is InChI=1S/C22H23NO5/c1-25-18-10-9-14-7-5-6-8-16(14)17(18)13-23-22(24)15-11-19(26-2)21(28-4)20(12-15)27-3/h5-12H,13H2,1-4H3,(H,23,24). The first kappa shape index (κ1) is 19.4. The van der Waals surface area contributed by atoms with E-state index in [4.69, 9.17) is 18.9 Å². The van der Waals surface area contributed by atoms with Crippen LogP contribution >= 0.6 is 0 Å². The van der Waals surface area contributed by atoms with Crippen LogP contribution in [0.3, 0.4) is 0 Å². The molecule has 6 nitrogen and oxygen atoms in total. The van der Waals surface area contributed by atoms with E-state index in [9.17, 15) is 4.79 Å². The van der Waals surface area contributed by atoms with Crippen LogP contribution < -0.4 is 24.3 Å². The maximum atomic E-state index is 12.8. The van der Waals surface area contributed by atoms with Crippen molar-refractivity contribution >= 4 is 16.7 Å². The monoisotopic (exact) mass is 381 g/mol. The zero-order valence-corrected chi connectivity index (χ0v) is 16.4. The summed E-state index contributed by atoms with van der Waals surface area (Å²) in [7, 11) is 6.17. The molecule has 1 amide bonds. The van der Waals surface area contributed by atoms with Gasteiger partial charge in [-0.25, -0.2) is 0 Å². The Bertz CT molecular complexity index is 974. The Morgan fingerprint density at radius 2 is 1.46 bits per heavy atom. The van der Waals surface area contributed by atoms with Crippen LogP contribution in [0.5, 0.6) is 23.0 Å². The molecule has 28 heavy (non-hydrogen) atoms. The normalized spacial score (nSPS) is 10.4. The molecule has 146 valence electrons. The van der Waals surface area contributed by atoms with E-state index in [0.29, 0.717) is 29.4 Å². The maximum Gasteiger partial charge on any atom is 0.251 e. The lowest BCUT2D eigenvalue weighted by molar-refractivity contribution is 0.0950. The highest BCUT2D eigenvalue weighted by atomic mass is 16.5. The Hall–Kier alpha value is -3.41. The average molecular weight is 381 g/mol. The van der Waals surface area contributed by atoms with E-state index in [1.165, 1.54) is 21.3 Å². The van der Waals surface area contributed by atoms with Gasteiger partial charge >= 0.3 is 0 Å². The topological polar surface area (TPSA) is 66.0 Å². The van der Waals surface area contributed by atoms with Gasteiger partial charge in [0.25, 0.3) is 5.91 Å². The minimum Gasteiger partial charge on any atom is -0.496 e. The highest BCUT2D eigenvalue weighted by Gasteiger charge is 2.17. The van der Waals surface area contributed by atoms with Gasteiger partial charge in [0.05, 0.1) is 28.4 Å². The summed E-state index contributed by atoms with van der Waals surface area (Å²) >= 11 is 0. The highest BCUT2D eigenvalue weighted by molar-refractivity contribution is 5.96. The summed E-state index contributed by atoms with van der Waals surface area (Å²) in [5.41, 5.74) is 1.33. The third-order valence-electron chi connectivity index (χ3n) is 4.57. The molecule has 0 saturated heterocycles. The van der Waals surface area contributed by atoms with Crippen molar-refractivity contribution in [2.24, 2.45) is 0 Å². The van der Waals surface area contributed by atoms with E-state index in [0.717, 1.165) is 22.1 Å². The van der Waals surface area contributed by atoms with Gasteiger partial charge in [0.1, 0.15) is 5.75 Å².